The van der Waals surface area contributed by atoms with Crippen molar-refractivity contribution in [3.05, 3.63) is 35.4 Å². The highest BCUT2D eigenvalue weighted by atomic mass is 19.2. The van der Waals surface area contributed by atoms with E-state index in [1.165, 1.54) is 10.5 Å². The molecule has 8 heteroatoms. The van der Waals surface area contributed by atoms with Gasteiger partial charge in [0, 0.05) is 37.3 Å². The number of fused-ring (bicyclic) bond motifs is 3. The molecule has 0 spiro atoms. The fourth-order valence-corrected chi connectivity index (χ4v) is 4.84. The highest BCUT2D eigenvalue weighted by Crippen LogP contribution is 2.39. The van der Waals surface area contributed by atoms with E-state index >= 15 is 0 Å². The number of amides is 1. The fraction of sp³-hybridized carbons (Fsp3) is 0.591. The number of halogens is 3. The maximum atomic E-state index is 13.7. The van der Waals surface area contributed by atoms with Gasteiger partial charge < -0.3 is 14.4 Å². The Balaban J connectivity index is 1.32. The molecule has 0 radical (unpaired) electrons. The summed E-state index contributed by atoms with van der Waals surface area (Å²) in [6.45, 7) is 1.28. The van der Waals surface area contributed by atoms with Crippen LogP contribution in [0, 0.1) is 11.6 Å². The van der Waals surface area contributed by atoms with Gasteiger partial charge in [0.15, 0.2) is 18.2 Å². The monoisotopic (exact) mass is 424 g/mol. The molecule has 30 heavy (non-hydrogen) atoms. The predicted molar refractivity (Wildman–Crippen MR) is 106 cm³/mol. The Morgan fingerprint density at radius 2 is 1.87 bits per heavy atom. The van der Waals surface area contributed by atoms with Gasteiger partial charge in [0.05, 0.1) is 18.9 Å². The Hall–Kier alpha value is -2.06. The van der Waals surface area contributed by atoms with Crippen molar-refractivity contribution in [3.63, 3.8) is 0 Å². The smallest absolute Gasteiger partial charge is 0.265 e. The third kappa shape index (κ3) is 4.49. The molecule has 0 N–H and O–H groups in total. The quantitative estimate of drug-likeness (QED) is 0.472. The van der Waals surface area contributed by atoms with Crippen LogP contribution in [0.4, 0.5) is 18.9 Å². The maximum absolute atomic E-state index is 13.7. The molecule has 0 saturated carbocycles. The number of carbonyl (C=O) groups is 1. The third-order valence-electron chi connectivity index (χ3n) is 6.22. The summed E-state index contributed by atoms with van der Waals surface area (Å²) in [6, 6.07) is 3.00. The summed E-state index contributed by atoms with van der Waals surface area (Å²) >= 11 is 0. The molecular formula is C22H27F3N2O3. The number of ether oxygens (including phenoxy) is 2. The van der Waals surface area contributed by atoms with Gasteiger partial charge in [0.1, 0.15) is 12.4 Å². The second kappa shape index (κ2) is 9.39. The number of benzene rings is 1. The molecule has 3 aliphatic rings. The number of anilines is 1. The fourth-order valence-electron chi connectivity index (χ4n) is 4.84. The van der Waals surface area contributed by atoms with E-state index in [1.807, 2.05) is 0 Å². The van der Waals surface area contributed by atoms with Crippen LogP contribution in [-0.2, 0) is 9.53 Å². The summed E-state index contributed by atoms with van der Waals surface area (Å²) in [6.07, 6.45) is 7.14. The van der Waals surface area contributed by atoms with E-state index in [4.69, 9.17) is 9.47 Å². The second-order valence-electron chi connectivity index (χ2n) is 8.08. The minimum absolute atomic E-state index is 0.142. The largest absolute Gasteiger partial charge is 0.481 e. The first-order chi connectivity index (χ1) is 14.6. The number of rotatable bonds is 8. The van der Waals surface area contributed by atoms with E-state index < -0.39 is 18.3 Å². The molecule has 2 fully saturated rings. The molecule has 1 aromatic carbocycles. The zero-order valence-corrected chi connectivity index (χ0v) is 16.9. The van der Waals surface area contributed by atoms with E-state index in [1.54, 1.807) is 0 Å². The molecule has 3 heterocycles. The Labute approximate surface area is 174 Å². The lowest BCUT2D eigenvalue weighted by Gasteiger charge is -2.37. The van der Waals surface area contributed by atoms with E-state index in [-0.39, 0.29) is 24.9 Å². The summed E-state index contributed by atoms with van der Waals surface area (Å²) in [5.74, 6) is -2.00. The SMILES string of the molecule is O=C1COc2cc(F)c(F)cc2N1CCCN1C2CCC1CC(=CCOCCF)C2. The third-order valence-corrected chi connectivity index (χ3v) is 6.22. The van der Waals surface area contributed by atoms with Gasteiger partial charge in [-0.25, -0.2) is 13.2 Å². The van der Waals surface area contributed by atoms with Crippen molar-refractivity contribution >= 4 is 11.6 Å². The minimum atomic E-state index is -0.985. The van der Waals surface area contributed by atoms with Crippen molar-refractivity contribution in [2.75, 3.05) is 44.5 Å². The van der Waals surface area contributed by atoms with Crippen molar-refractivity contribution in [2.24, 2.45) is 0 Å². The van der Waals surface area contributed by atoms with Crippen molar-refractivity contribution in [1.29, 1.82) is 0 Å². The first-order valence-corrected chi connectivity index (χ1v) is 10.6. The van der Waals surface area contributed by atoms with Gasteiger partial charge in [-0.2, -0.15) is 0 Å². The molecule has 2 unspecified atom stereocenters. The average Bonchev–Trinajstić information content (AvgIpc) is 2.96. The number of nitrogens with zero attached hydrogens (tertiary/aromatic N) is 2. The molecule has 1 amide bonds. The normalized spacial score (nSPS) is 23.5. The maximum Gasteiger partial charge on any atom is 0.265 e. The van der Waals surface area contributed by atoms with Crippen LogP contribution in [0.3, 0.4) is 0 Å². The molecule has 3 aliphatic heterocycles. The molecule has 2 atom stereocenters. The Morgan fingerprint density at radius 3 is 2.60 bits per heavy atom. The average molecular weight is 424 g/mol. The first kappa shape index (κ1) is 21.2. The summed E-state index contributed by atoms with van der Waals surface area (Å²) in [7, 11) is 0. The molecule has 0 aromatic heterocycles. The van der Waals surface area contributed by atoms with Crippen molar-refractivity contribution in [3.8, 4) is 5.75 Å². The molecule has 2 saturated heterocycles. The van der Waals surface area contributed by atoms with Crippen molar-refractivity contribution in [2.45, 2.75) is 44.2 Å². The highest BCUT2D eigenvalue weighted by Gasteiger charge is 2.38. The van der Waals surface area contributed by atoms with Crippen LogP contribution in [0.5, 0.6) is 5.75 Å². The van der Waals surface area contributed by atoms with Crippen LogP contribution in [0.1, 0.15) is 32.1 Å². The summed E-state index contributed by atoms with van der Waals surface area (Å²) in [5, 5.41) is 0. The van der Waals surface area contributed by atoms with Crippen LogP contribution >= 0.6 is 0 Å². The molecular weight excluding hydrogens is 397 g/mol. The predicted octanol–water partition coefficient (Wildman–Crippen LogP) is 3.62. The van der Waals surface area contributed by atoms with E-state index in [2.05, 4.69) is 11.0 Å². The first-order valence-electron chi connectivity index (χ1n) is 10.6. The van der Waals surface area contributed by atoms with Crippen LogP contribution < -0.4 is 9.64 Å². The molecule has 1 aromatic rings. The van der Waals surface area contributed by atoms with Crippen molar-refractivity contribution in [1.82, 2.24) is 4.90 Å². The molecule has 2 bridgehead atoms. The second-order valence-corrected chi connectivity index (χ2v) is 8.08. The van der Waals surface area contributed by atoms with Crippen molar-refractivity contribution < 1.29 is 27.4 Å². The van der Waals surface area contributed by atoms with E-state index in [0.717, 1.165) is 50.8 Å². The van der Waals surface area contributed by atoms with Gasteiger partial charge in [0.2, 0.25) is 0 Å². The molecule has 164 valence electrons. The van der Waals surface area contributed by atoms with E-state index in [0.29, 0.717) is 30.9 Å². The Morgan fingerprint density at radius 1 is 1.13 bits per heavy atom. The summed E-state index contributed by atoms with van der Waals surface area (Å²) in [5.41, 5.74) is 1.68. The molecule has 0 aliphatic carbocycles. The highest BCUT2D eigenvalue weighted by molar-refractivity contribution is 5.97. The van der Waals surface area contributed by atoms with Crippen LogP contribution in [0.15, 0.2) is 23.8 Å². The van der Waals surface area contributed by atoms with E-state index in [9.17, 15) is 18.0 Å². The van der Waals surface area contributed by atoms with Crippen LogP contribution in [-0.4, -0.2) is 62.5 Å². The summed E-state index contributed by atoms with van der Waals surface area (Å²) in [4.78, 5) is 16.3. The van der Waals surface area contributed by atoms with Gasteiger partial charge in [-0.1, -0.05) is 11.6 Å². The van der Waals surface area contributed by atoms with Gasteiger partial charge in [-0.15, -0.1) is 0 Å². The summed E-state index contributed by atoms with van der Waals surface area (Å²) < 4.78 is 49.8. The number of carbonyl (C=O) groups excluding carboxylic acids is 1. The van der Waals surface area contributed by atoms with Gasteiger partial charge in [-0.05, 0) is 32.1 Å². The molecule has 4 rings (SSSR count). The van der Waals surface area contributed by atoms with Crippen LogP contribution in [0.2, 0.25) is 0 Å². The minimum Gasteiger partial charge on any atom is -0.481 e. The Kier molecular flexibility index (Phi) is 6.63. The zero-order valence-electron chi connectivity index (χ0n) is 16.9. The van der Waals surface area contributed by atoms with Gasteiger partial charge >= 0.3 is 0 Å². The lowest BCUT2D eigenvalue weighted by molar-refractivity contribution is -0.121. The topological polar surface area (TPSA) is 42.0 Å². The lowest BCUT2D eigenvalue weighted by Crippen LogP contribution is -2.44. The Bertz CT molecular complexity index is 801. The van der Waals surface area contributed by atoms with Gasteiger partial charge in [-0.3, -0.25) is 9.69 Å². The zero-order chi connectivity index (χ0) is 21.1. The standard InChI is InChI=1S/C22H27F3N2O3/c23-5-9-29-8-4-15-10-16-2-3-17(11-15)26(16)6-1-7-27-20-12-18(24)19(25)13-21(20)30-14-22(27)28/h4,12-13,16-17H,1-3,5-11,14H2. The number of piperidine rings is 1. The molecule has 5 nitrogen and oxygen atoms in total. The van der Waals surface area contributed by atoms with Gasteiger partial charge in [0.25, 0.3) is 5.91 Å². The number of hydrogen-bond donors (Lipinski definition) is 0. The van der Waals surface area contributed by atoms with Crippen LogP contribution in [0.25, 0.3) is 0 Å². The number of hydrogen-bond acceptors (Lipinski definition) is 4. The lowest BCUT2D eigenvalue weighted by atomic mass is 9.96. The number of alkyl halides is 1.